The van der Waals surface area contributed by atoms with Crippen molar-refractivity contribution < 1.29 is 13.7 Å². The molecule has 0 aliphatic rings. The van der Waals surface area contributed by atoms with E-state index < -0.39 is 5.97 Å². The molecular weight excluding hydrogens is 264 g/mol. The minimum atomic E-state index is -0.488. The number of hydrogen-bond donors (Lipinski definition) is 1. The van der Waals surface area contributed by atoms with Crippen LogP contribution in [0.5, 0.6) is 0 Å². The third-order valence-electron chi connectivity index (χ3n) is 2.53. The van der Waals surface area contributed by atoms with Crippen LogP contribution in [0.2, 0.25) is 0 Å². The fourth-order valence-electron chi connectivity index (χ4n) is 1.65. The number of carbonyl (C=O) groups is 1. The number of ether oxygens (including phenoxy) is 1. The quantitative estimate of drug-likeness (QED) is 0.526. The molecule has 0 radical (unpaired) electrons. The highest BCUT2D eigenvalue weighted by Crippen LogP contribution is 2.16. The number of methoxy groups -OCH3 is 1. The lowest BCUT2D eigenvalue weighted by Gasteiger charge is -2.00. The van der Waals surface area contributed by atoms with Crippen molar-refractivity contribution in [1.82, 2.24) is 9.78 Å². The molecule has 0 saturated heterocycles. The average Bonchev–Trinajstić information content (AvgIpc) is 2.85. The number of carbonyl (C=O) groups excluding carboxylic acids is 1. The first-order valence-corrected chi connectivity index (χ1v) is 5.88. The van der Waals surface area contributed by atoms with Gasteiger partial charge < -0.3 is 8.92 Å². The van der Waals surface area contributed by atoms with Gasteiger partial charge in [-0.15, -0.1) is 0 Å². The molecule has 5 nitrogen and oxygen atoms in total. The summed E-state index contributed by atoms with van der Waals surface area (Å²) in [6.07, 6.45) is 1.68. The Hall–Kier alpha value is -1.97. The van der Waals surface area contributed by atoms with Crippen molar-refractivity contribution in [3.8, 4) is 11.8 Å². The highest BCUT2D eigenvalue weighted by molar-refractivity contribution is 7.75. The number of fused-ring (bicyclic) bond motifs is 1. The molecule has 1 aromatic heterocycles. The topological polar surface area (TPSA) is 53.4 Å². The van der Waals surface area contributed by atoms with Gasteiger partial charge in [0.1, 0.15) is 13.2 Å². The zero-order valence-corrected chi connectivity index (χ0v) is 11.2. The average molecular weight is 276 g/mol. The molecule has 0 fully saturated rings. The fraction of sp³-hybridized carbons (Fsp3) is 0.231. The van der Waals surface area contributed by atoms with Gasteiger partial charge in [-0.3, -0.25) is 4.68 Å². The Bertz CT molecular complexity index is 655. The van der Waals surface area contributed by atoms with Gasteiger partial charge in [0.25, 0.3) is 0 Å². The molecule has 0 N–H and O–H groups in total. The number of benzene rings is 1. The van der Waals surface area contributed by atoms with Gasteiger partial charge in [-0.25, -0.2) is 4.79 Å². The van der Waals surface area contributed by atoms with Gasteiger partial charge >= 0.3 is 5.97 Å². The van der Waals surface area contributed by atoms with E-state index in [9.17, 15) is 4.79 Å². The lowest BCUT2D eigenvalue weighted by Crippen LogP contribution is -1.99. The number of hydrogen-bond acceptors (Lipinski definition) is 5. The third-order valence-corrected chi connectivity index (χ3v) is 2.70. The SMILES string of the molecule is COCC#CCn1ncc2cc(C(=O)OS)ccc21. The van der Waals surface area contributed by atoms with Crippen LogP contribution in [0.1, 0.15) is 10.4 Å². The molecule has 0 bridgehead atoms. The highest BCUT2D eigenvalue weighted by atomic mass is 32.1. The number of rotatable bonds is 3. The van der Waals surface area contributed by atoms with Crippen LogP contribution in [0, 0.1) is 11.8 Å². The van der Waals surface area contributed by atoms with Gasteiger partial charge in [-0.05, 0) is 18.2 Å². The molecule has 0 atom stereocenters. The van der Waals surface area contributed by atoms with Crippen molar-refractivity contribution in [3.05, 3.63) is 30.0 Å². The Morgan fingerprint density at radius 2 is 2.32 bits per heavy atom. The van der Waals surface area contributed by atoms with Crippen LogP contribution in [-0.2, 0) is 15.5 Å². The molecule has 0 unspecified atom stereocenters. The second-order valence-electron chi connectivity index (χ2n) is 3.74. The van der Waals surface area contributed by atoms with E-state index in [-0.39, 0.29) is 0 Å². The molecule has 0 saturated carbocycles. The summed E-state index contributed by atoms with van der Waals surface area (Å²) < 4.78 is 11.0. The van der Waals surface area contributed by atoms with Gasteiger partial charge in [-0.2, -0.15) is 5.10 Å². The largest absolute Gasteiger partial charge is 0.391 e. The molecule has 2 rings (SSSR count). The molecule has 0 spiro atoms. The van der Waals surface area contributed by atoms with Crippen molar-refractivity contribution in [3.63, 3.8) is 0 Å². The van der Waals surface area contributed by atoms with E-state index in [2.05, 4.69) is 34.0 Å². The summed E-state index contributed by atoms with van der Waals surface area (Å²) in [5.41, 5.74) is 1.34. The number of nitrogens with zero attached hydrogens (tertiary/aromatic N) is 2. The maximum Gasteiger partial charge on any atom is 0.349 e. The van der Waals surface area contributed by atoms with E-state index in [0.29, 0.717) is 18.7 Å². The molecule has 0 amide bonds. The van der Waals surface area contributed by atoms with Crippen molar-refractivity contribution in [2.75, 3.05) is 13.7 Å². The Morgan fingerprint density at radius 1 is 1.47 bits per heavy atom. The zero-order chi connectivity index (χ0) is 13.7. The minimum absolute atomic E-state index is 0.400. The lowest BCUT2D eigenvalue weighted by atomic mass is 10.1. The van der Waals surface area contributed by atoms with E-state index >= 15 is 0 Å². The maximum atomic E-state index is 11.3. The van der Waals surface area contributed by atoms with Crippen LogP contribution < -0.4 is 0 Å². The molecule has 0 aliphatic heterocycles. The van der Waals surface area contributed by atoms with Crippen molar-refractivity contribution >= 4 is 29.8 Å². The van der Waals surface area contributed by atoms with E-state index in [4.69, 9.17) is 4.74 Å². The van der Waals surface area contributed by atoms with Crippen LogP contribution >= 0.6 is 12.9 Å². The maximum absolute atomic E-state index is 11.3. The van der Waals surface area contributed by atoms with Crippen LogP contribution in [0.3, 0.4) is 0 Å². The molecule has 2 aromatic rings. The first kappa shape index (κ1) is 13.5. The molecule has 0 aliphatic carbocycles. The standard InChI is InChI=1S/C13H12N2O3S/c1-17-7-3-2-6-15-12-5-4-10(13(16)18-19)8-11(12)9-14-15/h4-5,8-9,19H,6-7H2,1H3. The fourth-order valence-corrected chi connectivity index (χ4v) is 1.75. The minimum Gasteiger partial charge on any atom is -0.391 e. The second-order valence-corrected chi connectivity index (χ2v) is 3.92. The van der Waals surface area contributed by atoms with Crippen LogP contribution in [-0.4, -0.2) is 29.5 Å². The van der Waals surface area contributed by atoms with E-state index in [1.807, 2.05) is 0 Å². The van der Waals surface area contributed by atoms with Gasteiger partial charge in [0.05, 0.1) is 17.3 Å². The molecule has 19 heavy (non-hydrogen) atoms. The molecule has 1 heterocycles. The summed E-state index contributed by atoms with van der Waals surface area (Å²) in [6, 6.07) is 5.18. The molecular formula is C13H12N2O3S. The first-order chi connectivity index (χ1) is 9.26. The summed E-state index contributed by atoms with van der Waals surface area (Å²) in [4.78, 5) is 11.3. The Balaban J connectivity index is 2.25. The zero-order valence-electron chi connectivity index (χ0n) is 10.3. The summed E-state index contributed by atoms with van der Waals surface area (Å²) >= 11 is 3.49. The van der Waals surface area contributed by atoms with Crippen LogP contribution in [0.25, 0.3) is 10.9 Å². The van der Waals surface area contributed by atoms with Gasteiger partial charge in [-0.1, -0.05) is 11.8 Å². The number of thiol groups is 1. The molecule has 98 valence electrons. The van der Waals surface area contributed by atoms with Crippen LogP contribution in [0.15, 0.2) is 24.4 Å². The van der Waals surface area contributed by atoms with Crippen molar-refractivity contribution in [1.29, 1.82) is 0 Å². The summed E-state index contributed by atoms with van der Waals surface area (Å²) in [7, 11) is 1.60. The van der Waals surface area contributed by atoms with Crippen LogP contribution in [0.4, 0.5) is 0 Å². The van der Waals surface area contributed by atoms with Crippen molar-refractivity contribution in [2.24, 2.45) is 0 Å². The van der Waals surface area contributed by atoms with E-state index in [1.165, 1.54) is 0 Å². The van der Waals surface area contributed by atoms with E-state index in [0.717, 1.165) is 10.9 Å². The van der Waals surface area contributed by atoms with E-state index in [1.54, 1.807) is 36.2 Å². The smallest absolute Gasteiger partial charge is 0.349 e. The lowest BCUT2D eigenvalue weighted by molar-refractivity contribution is 0.0772. The predicted molar refractivity (Wildman–Crippen MR) is 73.8 cm³/mol. The monoisotopic (exact) mass is 276 g/mol. The number of aromatic nitrogens is 2. The van der Waals surface area contributed by atoms with Gasteiger partial charge in [0.15, 0.2) is 0 Å². The third kappa shape index (κ3) is 3.08. The van der Waals surface area contributed by atoms with Gasteiger partial charge in [0, 0.05) is 25.4 Å². The Labute approximate surface area is 116 Å². The summed E-state index contributed by atoms with van der Waals surface area (Å²) in [6.45, 7) is 0.875. The second kappa shape index (κ2) is 6.27. The highest BCUT2D eigenvalue weighted by Gasteiger charge is 2.08. The summed E-state index contributed by atoms with van der Waals surface area (Å²) in [5, 5.41) is 5.07. The first-order valence-electron chi connectivity index (χ1n) is 5.52. The molecule has 6 heteroatoms. The predicted octanol–water partition coefficient (Wildman–Crippen LogP) is 1.69. The van der Waals surface area contributed by atoms with Crippen molar-refractivity contribution in [2.45, 2.75) is 6.54 Å². The normalized spacial score (nSPS) is 10.0. The Morgan fingerprint density at radius 3 is 3.05 bits per heavy atom. The Kier molecular flexibility index (Phi) is 4.44. The summed E-state index contributed by atoms with van der Waals surface area (Å²) in [5.74, 6) is 5.32. The van der Waals surface area contributed by atoms with Gasteiger partial charge in [0.2, 0.25) is 0 Å². The molecule has 1 aromatic carbocycles.